The molecule has 0 radical (unpaired) electrons. The van der Waals surface area contributed by atoms with E-state index in [1.54, 1.807) is 0 Å². The summed E-state index contributed by atoms with van der Waals surface area (Å²) < 4.78 is 65.0. The maximum Gasteiger partial charge on any atom is 0.416 e. The van der Waals surface area contributed by atoms with E-state index in [0.717, 1.165) is 37.8 Å². The Balaban J connectivity index is 2.66. The maximum absolute atomic E-state index is 13.9. The van der Waals surface area contributed by atoms with Crippen molar-refractivity contribution in [1.29, 1.82) is 0 Å². The van der Waals surface area contributed by atoms with Crippen LogP contribution in [0.5, 0.6) is 0 Å². The molecule has 0 saturated carbocycles. The summed E-state index contributed by atoms with van der Waals surface area (Å²) in [5.41, 5.74) is -1.19. The van der Waals surface area contributed by atoms with Crippen LogP contribution in [-0.4, -0.2) is 11.0 Å². The van der Waals surface area contributed by atoms with Crippen molar-refractivity contribution in [2.75, 3.05) is 0 Å². The van der Waals surface area contributed by atoms with Crippen LogP contribution < -0.4 is 0 Å². The molecule has 130 valence electrons. The lowest BCUT2D eigenvalue weighted by Gasteiger charge is -2.20. The van der Waals surface area contributed by atoms with Crippen molar-refractivity contribution in [1.82, 2.24) is 0 Å². The number of alkyl halides is 5. The van der Waals surface area contributed by atoms with Crippen LogP contribution in [0.4, 0.5) is 22.0 Å². The molecule has 0 aliphatic rings. The molecule has 1 aromatic rings. The molecule has 1 nitrogen and oxygen atoms in total. The molecule has 1 rings (SSSR count). The minimum atomic E-state index is -4.54. The molecular weight excluding hydrogens is 315 g/mol. The summed E-state index contributed by atoms with van der Waals surface area (Å²) in [6.45, 7) is 2.05. The van der Waals surface area contributed by atoms with Crippen LogP contribution in [0.2, 0.25) is 0 Å². The highest BCUT2D eigenvalue weighted by Gasteiger charge is 2.37. The molecule has 0 heterocycles. The van der Waals surface area contributed by atoms with Crippen molar-refractivity contribution in [3.05, 3.63) is 47.5 Å². The molecular formula is C17H21F5O. The van der Waals surface area contributed by atoms with Crippen molar-refractivity contribution in [3.63, 3.8) is 0 Å². The Morgan fingerprint density at radius 3 is 2.13 bits per heavy atom. The molecule has 0 spiro atoms. The van der Waals surface area contributed by atoms with Crippen molar-refractivity contribution in [2.24, 2.45) is 0 Å². The van der Waals surface area contributed by atoms with Crippen LogP contribution in [-0.2, 0) is 6.18 Å². The van der Waals surface area contributed by atoms with E-state index in [1.807, 2.05) is 6.92 Å². The van der Waals surface area contributed by atoms with Gasteiger partial charge in [-0.05, 0) is 36.6 Å². The average Bonchev–Trinajstić information content (AvgIpc) is 2.49. The van der Waals surface area contributed by atoms with Gasteiger partial charge >= 0.3 is 6.18 Å². The molecule has 6 heteroatoms. The molecule has 0 aliphatic heterocycles. The summed E-state index contributed by atoms with van der Waals surface area (Å²) in [6.07, 6.45) is -0.462. The molecule has 0 fully saturated rings. The van der Waals surface area contributed by atoms with Crippen molar-refractivity contribution >= 4 is 0 Å². The fourth-order valence-corrected chi connectivity index (χ4v) is 2.10. The monoisotopic (exact) mass is 336 g/mol. The third-order valence-electron chi connectivity index (χ3n) is 3.48. The Hall–Kier alpha value is -1.43. The number of hydrogen-bond donors (Lipinski definition) is 1. The zero-order valence-corrected chi connectivity index (χ0v) is 12.9. The fourth-order valence-electron chi connectivity index (χ4n) is 2.10. The Morgan fingerprint density at radius 1 is 1.00 bits per heavy atom. The first-order valence-corrected chi connectivity index (χ1v) is 7.59. The number of aliphatic hydroxyl groups is 1. The topological polar surface area (TPSA) is 20.2 Å². The fraction of sp³-hybridized carbons (Fsp3) is 0.529. The Labute approximate surface area is 132 Å². The summed E-state index contributed by atoms with van der Waals surface area (Å²) in [5, 5.41) is 9.70. The highest BCUT2D eigenvalue weighted by Crippen LogP contribution is 2.35. The molecule has 23 heavy (non-hydrogen) atoms. The lowest BCUT2D eigenvalue weighted by Crippen LogP contribution is -2.23. The van der Waals surface area contributed by atoms with E-state index in [9.17, 15) is 27.1 Å². The van der Waals surface area contributed by atoms with Crippen LogP contribution in [0.1, 0.15) is 56.3 Å². The van der Waals surface area contributed by atoms with E-state index in [1.165, 1.54) is 6.08 Å². The van der Waals surface area contributed by atoms with E-state index in [0.29, 0.717) is 24.6 Å². The van der Waals surface area contributed by atoms with Gasteiger partial charge in [-0.3, -0.25) is 0 Å². The highest BCUT2D eigenvalue weighted by molar-refractivity contribution is 5.28. The third kappa shape index (κ3) is 6.29. The van der Waals surface area contributed by atoms with E-state index >= 15 is 0 Å². The highest BCUT2D eigenvalue weighted by atomic mass is 19.4. The quantitative estimate of drug-likeness (QED) is 0.356. The van der Waals surface area contributed by atoms with Gasteiger partial charge in [-0.1, -0.05) is 44.4 Å². The average molecular weight is 336 g/mol. The number of unbranched alkanes of at least 4 members (excludes halogenated alkanes) is 4. The van der Waals surface area contributed by atoms with E-state index < -0.39 is 23.8 Å². The van der Waals surface area contributed by atoms with Crippen molar-refractivity contribution in [2.45, 2.75) is 57.2 Å². The molecule has 0 bridgehead atoms. The molecule has 1 unspecified atom stereocenters. The van der Waals surface area contributed by atoms with E-state index in [-0.39, 0.29) is 5.56 Å². The van der Waals surface area contributed by atoms with Crippen LogP contribution in [0.15, 0.2) is 36.4 Å². The number of rotatable bonds is 8. The summed E-state index contributed by atoms with van der Waals surface area (Å²) in [5.74, 6) is -3.52. The van der Waals surface area contributed by atoms with Gasteiger partial charge in [0.15, 0.2) is 0 Å². The minimum absolute atomic E-state index is 0.251. The van der Waals surface area contributed by atoms with Gasteiger partial charge in [0.05, 0.1) is 5.56 Å². The van der Waals surface area contributed by atoms with Crippen LogP contribution in [0.3, 0.4) is 0 Å². The first kappa shape index (κ1) is 19.6. The standard InChI is InChI=1S/C17H21F5O/c1-2-3-4-5-6-7-12-16(18,19)15(23)13-8-10-14(11-9-13)17(20,21)22/h7-12,15,23H,2-6H2,1H3/b12-7-. The number of allylic oxidation sites excluding steroid dienone is 1. The molecule has 1 N–H and O–H groups in total. The summed E-state index contributed by atoms with van der Waals surface area (Å²) >= 11 is 0. The normalized spacial score (nSPS) is 14.4. The number of hydrogen-bond acceptors (Lipinski definition) is 1. The van der Waals surface area contributed by atoms with Gasteiger partial charge in [-0.2, -0.15) is 22.0 Å². The molecule has 0 aliphatic carbocycles. The minimum Gasteiger partial charge on any atom is -0.382 e. The smallest absolute Gasteiger partial charge is 0.382 e. The molecule has 0 amide bonds. The van der Waals surface area contributed by atoms with Gasteiger partial charge < -0.3 is 5.11 Å². The summed E-state index contributed by atoms with van der Waals surface area (Å²) in [7, 11) is 0. The van der Waals surface area contributed by atoms with Crippen LogP contribution in [0.25, 0.3) is 0 Å². The zero-order chi connectivity index (χ0) is 17.5. The SMILES string of the molecule is CCCCCC/C=C\C(F)(F)C(O)c1ccc(C(F)(F)F)cc1. The second-order valence-corrected chi connectivity index (χ2v) is 5.45. The van der Waals surface area contributed by atoms with Gasteiger partial charge in [-0.25, -0.2) is 0 Å². The van der Waals surface area contributed by atoms with E-state index in [2.05, 4.69) is 0 Å². The van der Waals surface area contributed by atoms with Gasteiger partial charge in [0.2, 0.25) is 0 Å². The Kier molecular flexibility index (Phi) is 7.19. The van der Waals surface area contributed by atoms with Gasteiger partial charge in [0, 0.05) is 0 Å². The maximum atomic E-state index is 13.9. The number of aliphatic hydroxyl groups excluding tert-OH is 1. The predicted molar refractivity (Wildman–Crippen MR) is 79.2 cm³/mol. The van der Waals surface area contributed by atoms with Crippen molar-refractivity contribution < 1.29 is 27.1 Å². The number of halogens is 5. The predicted octanol–water partition coefficient (Wildman–Crippen LogP) is 5.90. The Morgan fingerprint density at radius 2 is 1.61 bits per heavy atom. The molecule has 0 saturated heterocycles. The molecule has 1 aromatic carbocycles. The largest absolute Gasteiger partial charge is 0.416 e. The van der Waals surface area contributed by atoms with Gasteiger partial charge in [-0.15, -0.1) is 0 Å². The van der Waals surface area contributed by atoms with Gasteiger partial charge in [0.25, 0.3) is 5.92 Å². The van der Waals surface area contributed by atoms with Gasteiger partial charge in [0.1, 0.15) is 6.10 Å². The number of benzene rings is 1. The lowest BCUT2D eigenvalue weighted by atomic mass is 10.0. The third-order valence-corrected chi connectivity index (χ3v) is 3.48. The lowest BCUT2D eigenvalue weighted by molar-refractivity contribution is -0.137. The Bertz CT molecular complexity index is 491. The molecule has 1 atom stereocenters. The second-order valence-electron chi connectivity index (χ2n) is 5.45. The first-order chi connectivity index (χ1) is 10.7. The summed E-state index contributed by atoms with van der Waals surface area (Å²) in [4.78, 5) is 0. The van der Waals surface area contributed by atoms with Crippen molar-refractivity contribution in [3.8, 4) is 0 Å². The second kappa shape index (κ2) is 8.43. The summed E-state index contributed by atoms with van der Waals surface area (Å²) in [6, 6.07) is 3.11. The van der Waals surface area contributed by atoms with Crippen LogP contribution in [0, 0.1) is 0 Å². The van der Waals surface area contributed by atoms with Crippen LogP contribution >= 0.6 is 0 Å². The van der Waals surface area contributed by atoms with E-state index in [4.69, 9.17) is 0 Å². The zero-order valence-electron chi connectivity index (χ0n) is 12.9. The molecule has 0 aromatic heterocycles. The first-order valence-electron chi connectivity index (χ1n) is 7.59.